The van der Waals surface area contributed by atoms with Crippen molar-refractivity contribution in [3.8, 4) is 0 Å². The van der Waals surface area contributed by atoms with Crippen LogP contribution in [0.1, 0.15) is 17.0 Å². The Morgan fingerprint density at radius 2 is 2.20 bits per heavy atom. The maximum atomic E-state index is 4.67. The van der Waals surface area contributed by atoms with Gasteiger partial charge in [0.25, 0.3) is 0 Å². The fourth-order valence-corrected chi connectivity index (χ4v) is 2.25. The van der Waals surface area contributed by atoms with Crippen molar-refractivity contribution >= 4 is 5.65 Å². The first-order valence-electron chi connectivity index (χ1n) is 5.39. The molecule has 0 amide bonds. The molecular weight excluding hydrogens is 186 g/mol. The molecule has 2 aromatic heterocycles. The Labute approximate surface area is 89.3 Å². The lowest BCUT2D eigenvalue weighted by atomic mass is 10.1. The van der Waals surface area contributed by atoms with E-state index in [1.807, 2.05) is 0 Å². The van der Waals surface area contributed by atoms with Crippen molar-refractivity contribution in [3.05, 3.63) is 35.3 Å². The third-order valence-electron chi connectivity index (χ3n) is 3.10. The summed E-state index contributed by atoms with van der Waals surface area (Å²) < 4.78 is 2.24. The van der Waals surface area contributed by atoms with E-state index in [0.29, 0.717) is 0 Å². The molecule has 1 aliphatic heterocycles. The number of nitrogens with zero attached hydrogens (tertiary/aromatic N) is 3. The molecule has 0 spiro atoms. The van der Waals surface area contributed by atoms with Gasteiger partial charge in [-0.05, 0) is 25.6 Å². The van der Waals surface area contributed by atoms with Gasteiger partial charge in [0.05, 0.1) is 11.4 Å². The van der Waals surface area contributed by atoms with Crippen molar-refractivity contribution in [2.45, 2.75) is 19.9 Å². The van der Waals surface area contributed by atoms with Gasteiger partial charge in [0.15, 0.2) is 0 Å². The molecule has 0 atom stereocenters. The minimum absolute atomic E-state index is 1.01. The topological polar surface area (TPSA) is 20.5 Å². The summed E-state index contributed by atoms with van der Waals surface area (Å²) in [7, 11) is 2.16. The summed E-state index contributed by atoms with van der Waals surface area (Å²) in [5.74, 6) is 0. The lowest BCUT2D eigenvalue weighted by molar-refractivity contribution is 0.306. The predicted molar refractivity (Wildman–Crippen MR) is 60.0 cm³/mol. The van der Waals surface area contributed by atoms with Gasteiger partial charge in [-0.25, -0.2) is 4.98 Å². The number of hydrogen-bond donors (Lipinski definition) is 0. The van der Waals surface area contributed by atoms with Crippen LogP contribution >= 0.6 is 0 Å². The zero-order chi connectivity index (χ0) is 10.4. The van der Waals surface area contributed by atoms with Crippen LogP contribution in [-0.4, -0.2) is 27.9 Å². The molecule has 3 heterocycles. The standard InChI is InChI=1S/C12H15N3/c1-9-3-4-12-13-10-5-6-14(2)8-11(10)15(12)7-9/h3-4,7H,5-6,8H2,1-2H3. The van der Waals surface area contributed by atoms with Gasteiger partial charge in [0.1, 0.15) is 5.65 Å². The van der Waals surface area contributed by atoms with Gasteiger partial charge >= 0.3 is 0 Å². The van der Waals surface area contributed by atoms with Gasteiger partial charge in [-0.1, -0.05) is 6.07 Å². The highest BCUT2D eigenvalue weighted by Crippen LogP contribution is 2.19. The Bertz CT molecular complexity index is 513. The molecule has 0 radical (unpaired) electrons. The molecule has 78 valence electrons. The summed E-state index contributed by atoms with van der Waals surface area (Å²) in [5.41, 5.74) is 5.01. The van der Waals surface area contributed by atoms with E-state index in [2.05, 4.69) is 46.6 Å². The van der Waals surface area contributed by atoms with E-state index in [1.165, 1.54) is 17.0 Å². The van der Waals surface area contributed by atoms with Gasteiger partial charge in [0, 0.05) is 25.7 Å². The second kappa shape index (κ2) is 3.07. The average molecular weight is 201 g/mol. The molecule has 0 aromatic carbocycles. The van der Waals surface area contributed by atoms with Crippen molar-refractivity contribution in [3.63, 3.8) is 0 Å². The van der Waals surface area contributed by atoms with E-state index in [4.69, 9.17) is 0 Å². The molecular formula is C12H15N3. The van der Waals surface area contributed by atoms with Gasteiger partial charge in [-0.3, -0.25) is 0 Å². The highest BCUT2D eigenvalue weighted by molar-refractivity contribution is 5.45. The molecule has 3 heteroatoms. The smallest absolute Gasteiger partial charge is 0.137 e. The molecule has 0 unspecified atom stereocenters. The Morgan fingerprint density at radius 1 is 1.33 bits per heavy atom. The minimum Gasteiger partial charge on any atom is -0.302 e. The number of aryl methyl sites for hydroxylation is 1. The number of fused-ring (bicyclic) bond motifs is 3. The molecule has 0 saturated heterocycles. The van der Waals surface area contributed by atoms with Crippen LogP contribution in [0.2, 0.25) is 0 Å². The number of likely N-dealkylation sites (N-methyl/N-ethyl adjacent to an activating group) is 1. The zero-order valence-electron chi connectivity index (χ0n) is 9.20. The van der Waals surface area contributed by atoms with E-state index in [1.54, 1.807) is 0 Å². The summed E-state index contributed by atoms with van der Waals surface area (Å²) in [6, 6.07) is 4.23. The lowest BCUT2D eigenvalue weighted by Crippen LogP contribution is -2.27. The molecule has 3 rings (SSSR count). The maximum absolute atomic E-state index is 4.67. The van der Waals surface area contributed by atoms with Gasteiger partial charge < -0.3 is 9.30 Å². The lowest BCUT2D eigenvalue weighted by Gasteiger charge is -2.21. The number of rotatable bonds is 0. The average Bonchev–Trinajstić information content (AvgIpc) is 2.56. The third kappa shape index (κ3) is 1.35. The van der Waals surface area contributed by atoms with E-state index in [-0.39, 0.29) is 0 Å². The molecule has 1 aliphatic rings. The van der Waals surface area contributed by atoms with Crippen molar-refractivity contribution in [1.29, 1.82) is 0 Å². The summed E-state index contributed by atoms with van der Waals surface area (Å²) in [4.78, 5) is 7.01. The van der Waals surface area contributed by atoms with E-state index >= 15 is 0 Å². The van der Waals surface area contributed by atoms with Crippen molar-refractivity contribution in [2.24, 2.45) is 0 Å². The molecule has 0 N–H and O–H groups in total. The van der Waals surface area contributed by atoms with E-state index in [0.717, 1.165) is 25.2 Å². The number of aromatic nitrogens is 2. The molecule has 0 bridgehead atoms. The third-order valence-corrected chi connectivity index (χ3v) is 3.10. The summed E-state index contributed by atoms with van der Waals surface area (Å²) in [6.45, 7) is 4.26. The van der Waals surface area contributed by atoms with Crippen LogP contribution in [0.3, 0.4) is 0 Å². The monoisotopic (exact) mass is 201 g/mol. The van der Waals surface area contributed by atoms with Crippen LogP contribution in [0.5, 0.6) is 0 Å². The SMILES string of the molecule is Cc1ccc2nc3c(n2c1)CN(C)CC3. The normalized spacial score (nSPS) is 16.9. The Morgan fingerprint density at radius 3 is 3.07 bits per heavy atom. The molecule has 0 aliphatic carbocycles. The fourth-order valence-electron chi connectivity index (χ4n) is 2.25. The van der Waals surface area contributed by atoms with Crippen molar-refractivity contribution in [1.82, 2.24) is 14.3 Å². The van der Waals surface area contributed by atoms with Gasteiger partial charge in [0.2, 0.25) is 0 Å². The number of imidazole rings is 1. The van der Waals surface area contributed by atoms with Crippen molar-refractivity contribution in [2.75, 3.05) is 13.6 Å². The second-order valence-electron chi connectivity index (χ2n) is 4.43. The Hall–Kier alpha value is -1.35. The van der Waals surface area contributed by atoms with Gasteiger partial charge in [-0.2, -0.15) is 0 Å². The van der Waals surface area contributed by atoms with E-state index < -0.39 is 0 Å². The molecule has 3 nitrogen and oxygen atoms in total. The van der Waals surface area contributed by atoms with E-state index in [9.17, 15) is 0 Å². The van der Waals surface area contributed by atoms with Crippen LogP contribution in [-0.2, 0) is 13.0 Å². The Balaban J connectivity index is 2.25. The fraction of sp³-hybridized carbons (Fsp3) is 0.417. The number of hydrogen-bond acceptors (Lipinski definition) is 2. The molecule has 2 aromatic rings. The highest BCUT2D eigenvalue weighted by Gasteiger charge is 2.18. The minimum atomic E-state index is 1.01. The largest absolute Gasteiger partial charge is 0.302 e. The molecule has 0 fully saturated rings. The highest BCUT2D eigenvalue weighted by atomic mass is 15.1. The predicted octanol–water partition coefficient (Wildman–Crippen LogP) is 1.63. The summed E-state index contributed by atoms with van der Waals surface area (Å²) in [5, 5.41) is 0. The molecule has 15 heavy (non-hydrogen) atoms. The first-order chi connectivity index (χ1) is 7.24. The van der Waals surface area contributed by atoms with Gasteiger partial charge in [-0.15, -0.1) is 0 Å². The Kier molecular flexibility index (Phi) is 1.83. The van der Waals surface area contributed by atoms with Crippen LogP contribution in [0.25, 0.3) is 5.65 Å². The van der Waals surface area contributed by atoms with Crippen molar-refractivity contribution < 1.29 is 0 Å². The van der Waals surface area contributed by atoms with Crippen LogP contribution < -0.4 is 0 Å². The maximum Gasteiger partial charge on any atom is 0.137 e. The van der Waals surface area contributed by atoms with Crippen LogP contribution in [0, 0.1) is 6.92 Å². The number of pyridine rings is 1. The summed E-state index contributed by atoms with van der Waals surface area (Å²) in [6.07, 6.45) is 3.26. The first-order valence-corrected chi connectivity index (χ1v) is 5.39. The first kappa shape index (κ1) is 8.92. The second-order valence-corrected chi connectivity index (χ2v) is 4.43. The summed E-state index contributed by atoms with van der Waals surface area (Å²) >= 11 is 0. The quantitative estimate of drug-likeness (QED) is 0.645. The van der Waals surface area contributed by atoms with Crippen LogP contribution in [0.15, 0.2) is 18.3 Å². The zero-order valence-corrected chi connectivity index (χ0v) is 9.20. The van der Waals surface area contributed by atoms with Crippen LogP contribution in [0.4, 0.5) is 0 Å². The molecule has 0 saturated carbocycles.